The molecule has 7 nitrogen and oxygen atoms in total. The first-order valence-corrected chi connectivity index (χ1v) is 10.8. The number of carbonyl (C=O) groups is 1. The summed E-state index contributed by atoms with van der Waals surface area (Å²) < 4.78 is 33.0. The number of allylic oxidation sites excluding steroid dienone is 1. The molecule has 0 bridgehead atoms. The molecule has 0 saturated heterocycles. The van der Waals surface area contributed by atoms with Crippen LogP contribution in [0.4, 0.5) is 0 Å². The maximum Gasteiger partial charge on any atom is 0.309 e. The average molecular weight is 416 g/mol. The quantitative estimate of drug-likeness (QED) is 0.563. The van der Waals surface area contributed by atoms with Crippen LogP contribution in [-0.4, -0.2) is 30.1 Å². The molecule has 0 amide bonds. The summed E-state index contributed by atoms with van der Waals surface area (Å²) in [4.78, 5) is 22.9. The molecule has 0 atom stereocenters. The first kappa shape index (κ1) is 21.0. The van der Waals surface area contributed by atoms with Gasteiger partial charge < -0.3 is 4.74 Å². The molecule has 154 valence electrons. The van der Waals surface area contributed by atoms with Crippen molar-refractivity contribution >= 4 is 21.7 Å². The minimum atomic E-state index is -3.90. The highest BCUT2D eigenvalue weighted by Gasteiger charge is 2.43. The molecule has 0 N–H and O–H groups in total. The van der Waals surface area contributed by atoms with Gasteiger partial charge >= 0.3 is 5.97 Å². The van der Waals surface area contributed by atoms with Gasteiger partial charge in [-0.3, -0.25) is 4.79 Å². The van der Waals surface area contributed by atoms with E-state index >= 15 is 0 Å². The predicted octanol–water partition coefficient (Wildman–Crippen LogP) is 3.28. The Hall–Kier alpha value is -2.70. The summed E-state index contributed by atoms with van der Waals surface area (Å²) in [6, 6.07) is 1.75. The molecule has 0 saturated carbocycles. The summed E-state index contributed by atoms with van der Waals surface area (Å²) in [6.07, 6.45) is 1.71. The summed E-state index contributed by atoms with van der Waals surface area (Å²) in [5.41, 5.74) is 2.74. The van der Waals surface area contributed by atoms with E-state index in [1.807, 2.05) is 27.7 Å². The second kappa shape index (κ2) is 6.97. The number of hydrogen-bond acceptors (Lipinski definition) is 6. The molecule has 0 spiro atoms. The number of esters is 1. The fraction of sp³-hybridized carbons (Fsp3) is 0.429. The summed E-state index contributed by atoms with van der Waals surface area (Å²) in [6.45, 7) is 11.1. The molecule has 0 radical (unpaired) electrons. The number of aromatic nitrogens is 2. The number of carbonyl (C=O) groups excluding carboxylic acids is 2. The van der Waals surface area contributed by atoms with Gasteiger partial charge in [0.2, 0.25) is 15.7 Å². The molecule has 0 unspecified atom stereocenters. The Balaban J connectivity index is 2.39. The maximum absolute atomic E-state index is 13.0. The number of sulfone groups is 1. The van der Waals surface area contributed by atoms with Crippen LogP contribution in [0.5, 0.6) is 5.88 Å². The maximum atomic E-state index is 13.0. The van der Waals surface area contributed by atoms with Crippen molar-refractivity contribution in [2.45, 2.75) is 64.8 Å². The van der Waals surface area contributed by atoms with E-state index in [1.165, 1.54) is 6.92 Å². The van der Waals surface area contributed by atoms with Gasteiger partial charge in [-0.1, -0.05) is 13.8 Å². The summed E-state index contributed by atoms with van der Waals surface area (Å²) in [7, 11) is -3.90. The molecule has 1 aromatic carbocycles. The molecule has 2 heterocycles. The fourth-order valence-corrected chi connectivity index (χ4v) is 6.25. The number of nitrogens with zero attached hydrogens (tertiary/aromatic N) is 2. The highest BCUT2D eigenvalue weighted by atomic mass is 32.2. The molecule has 29 heavy (non-hydrogen) atoms. The van der Waals surface area contributed by atoms with Crippen LogP contribution in [0.15, 0.2) is 22.1 Å². The Labute approximate surface area is 170 Å². The molecule has 3 rings (SSSR count). The van der Waals surface area contributed by atoms with Crippen LogP contribution in [0, 0.1) is 13.8 Å². The van der Waals surface area contributed by atoms with Gasteiger partial charge in [0.05, 0.1) is 16.7 Å². The van der Waals surface area contributed by atoms with Crippen molar-refractivity contribution in [2.24, 2.45) is 0 Å². The van der Waals surface area contributed by atoms with Crippen molar-refractivity contribution in [1.82, 2.24) is 9.78 Å². The van der Waals surface area contributed by atoms with Crippen molar-refractivity contribution < 1.29 is 22.7 Å². The van der Waals surface area contributed by atoms with Crippen molar-refractivity contribution in [3.05, 3.63) is 33.9 Å². The number of hydrogen-bond donors (Lipinski definition) is 0. The second-order valence-corrected chi connectivity index (χ2v) is 9.84. The van der Waals surface area contributed by atoms with Crippen LogP contribution in [0.1, 0.15) is 50.8 Å². The number of rotatable bonds is 3. The lowest BCUT2D eigenvalue weighted by Gasteiger charge is -2.35. The van der Waals surface area contributed by atoms with Crippen molar-refractivity contribution in [1.29, 1.82) is 0 Å². The minimum Gasteiger partial charge on any atom is -0.407 e. The van der Waals surface area contributed by atoms with Crippen molar-refractivity contribution in [2.75, 3.05) is 0 Å². The van der Waals surface area contributed by atoms with E-state index in [1.54, 1.807) is 29.8 Å². The van der Waals surface area contributed by atoms with Gasteiger partial charge in [-0.25, -0.2) is 17.9 Å². The van der Waals surface area contributed by atoms with Crippen molar-refractivity contribution in [3.63, 3.8) is 0 Å². The molecule has 0 fully saturated rings. The van der Waals surface area contributed by atoms with Gasteiger partial charge in [0.15, 0.2) is 0 Å². The van der Waals surface area contributed by atoms with E-state index in [2.05, 4.69) is 5.10 Å². The zero-order valence-electron chi connectivity index (χ0n) is 17.4. The molecule has 1 aliphatic heterocycles. The Morgan fingerprint density at radius 1 is 1.31 bits per heavy atom. The summed E-state index contributed by atoms with van der Waals surface area (Å²) >= 11 is 0. The lowest BCUT2D eigenvalue weighted by molar-refractivity contribution is -0.132. The van der Waals surface area contributed by atoms with E-state index in [0.717, 1.165) is 11.1 Å². The highest BCUT2D eigenvalue weighted by molar-refractivity contribution is 7.95. The normalized spacial score (nSPS) is 16.8. The zero-order chi connectivity index (χ0) is 21.7. The fourth-order valence-electron chi connectivity index (χ4n) is 4.16. The van der Waals surface area contributed by atoms with Crippen LogP contribution >= 0.6 is 0 Å². The predicted molar refractivity (Wildman–Crippen MR) is 108 cm³/mol. The number of aryl methyl sites for hydroxylation is 2. The van der Waals surface area contributed by atoms with Gasteiger partial charge in [0.25, 0.3) is 0 Å². The Kier molecular flexibility index (Phi) is 5.05. The molecular formula is C21H24N2O5S. The third-order valence-corrected chi connectivity index (χ3v) is 7.27. The van der Waals surface area contributed by atoms with E-state index < -0.39 is 21.2 Å². The van der Waals surface area contributed by atoms with Crippen molar-refractivity contribution in [3.8, 4) is 17.0 Å². The topological polar surface area (TPSA) is 95.3 Å². The third kappa shape index (κ3) is 3.22. The lowest BCUT2D eigenvalue weighted by Crippen LogP contribution is -2.31. The van der Waals surface area contributed by atoms with Gasteiger partial charge in [-0.05, 0) is 54.5 Å². The van der Waals surface area contributed by atoms with E-state index in [0.29, 0.717) is 29.1 Å². The third-order valence-electron chi connectivity index (χ3n) is 5.33. The monoisotopic (exact) mass is 416 g/mol. The molecule has 2 aromatic rings. The van der Waals surface area contributed by atoms with Crippen LogP contribution < -0.4 is 4.74 Å². The van der Waals surface area contributed by atoms with Crippen LogP contribution in [-0.2, 0) is 31.4 Å². The van der Waals surface area contributed by atoms with Crippen LogP contribution in [0.3, 0.4) is 0 Å². The van der Waals surface area contributed by atoms with Gasteiger partial charge in [0, 0.05) is 19.9 Å². The van der Waals surface area contributed by atoms with E-state index in [9.17, 15) is 18.0 Å². The van der Waals surface area contributed by atoms with Crippen LogP contribution in [0.2, 0.25) is 0 Å². The van der Waals surface area contributed by atoms with E-state index in [-0.39, 0.29) is 16.2 Å². The Morgan fingerprint density at radius 2 is 1.97 bits per heavy atom. The van der Waals surface area contributed by atoms with Gasteiger partial charge in [-0.2, -0.15) is 5.10 Å². The number of ether oxygens (including phenoxy) is 1. The first-order chi connectivity index (χ1) is 13.5. The van der Waals surface area contributed by atoms with Crippen LogP contribution in [0.25, 0.3) is 11.1 Å². The Morgan fingerprint density at radius 3 is 2.52 bits per heavy atom. The van der Waals surface area contributed by atoms with Gasteiger partial charge in [-0.15, -0.1) is 0 Å². The summed E-state index contributed by atoms with van der Waals surface area (Å²) in [5, 5.41) is 4.30. The Bertz CT molecular complexity index is 1180. The second-order valence-electron chi connectivity index (χ2n) is 7.93. The first-order valence-electron chi connectivity index (χ1n) is 9.34. The molecular weight excluding hydrogens is 392 g/mol. The zero-order valence-corrected chi connectivity index (χ0v) is 18.2. The molecule has 1 aliphatic rings. The molecule has 0 aliphatic carbocycles. The van der Waals surface area contributed by atoms with Gasteiger partial charge in [0.1, 0.15) is 10.8 Å². The standard InChI is InChI=1S/C21H24N2O5S/c1-7-23-20(28-14(4)25)17(10-22-23)16-8-12(2)19-18(13(16)3)21(5,6)9-15(11-24)29(19,26)27/h8,10H,7,9H2,1-6H3. The number of fused-ring (bicyclic) bond motifs is 1. The SMILES string of the molecule is CCn1ncc(-c2cc(C)c3c(c2C)C(C)(C)CC(=C=O)S3(=O)=O)c1OC(C)=O. The smallest absolute Gasteiger partial charge is 0.309 e. The highest BCUT2D eigenvalue weighted by Crippen LogP contribution is 2.48. The average Bonchev–Trinajstić information content (AvgIpc) is 3.01. The molecule has 8 heteroatoms. The largest absolute Gasteiger partial charge is 0.407 e. The minimum absolute atomic E-state index is 0.0839. The number of benzene rings is 1. The summed E-state index contributed by atoms with van der Waals surface area (Å²) in [5.74, 6) is 1.50. The molecule has 1 aromatic heterocycles. The van der Waals surface area contributed by atoms with E-state index in [4.69, 9.17) is 4.74 Å². The lowest BCUT2D eigenvalue weighted by atomic mass is 9.76.